The third-order valence-corrected chi connectivity index (χ3v) is 3.22. The molecule has 0 bridgehead atoms. The van der Waals surface area contributed by atoms with Gasteiger partial charge in [-0.2, -0.15) is 0 Å². The summed E-state index contributed by atoms with van der Waals surface area (Å²) < 4.78 is 12.9. The number of rotatable bonds is 4. The lowest BCUT2D eigenvalue weighted by Crippen LogP contribution is -2.40. The van der Waals surface area contributed by atoms with Crippen molar-refractivity contribution < 1.29 is 14.3 Å². The molecular weight excluding hydrogens is 235 g/mol. The van der Waals surface area contributed by atoms with Gasteiger partial charge in [-0.3, -0.25) is 0 Å². The van der Waals surface area contributed by atoms with Gasteiger partial charge in [0.2, 0.25) is 0 Å². The summed E-state index contributed by atoms with van der Waals surface area (Å²) in [5, 5.41) is 12.2. The third-order valence-electron chi connectivity index (χ3n) is 3.22. The second kappa shape index (κ2) is 5.82. The molecule has 98 valence electrons. The number of nitrogens with one attached hydrogen (secondary N) is 1. The van der Waals surface area contributed by atoms with Crippen molar-refractivity contribution in [3.05, 3.63) is 35.6 Å². The first-order valence-electron chi connectivity index (χ1n) is 6.11. The van der Waals surface area contributed by atoms with Gasteiger partial charge in [0.15, 0.2) is 0 Å². The van der Waals surface area contributed by atoms with Gasteiger partial charge in [-0.05, 0) is 30.5 Å². The zero-order chi connectivity index (χ0) is 13.0. The highest BCUT2D eigenvalue weighted by atomic mass is 19.1. The van der Waals surface area contributed by atoms with Gasteiger partial charge in [0, 0.05) is 25.7 Å². The van der Waals surface area contributed by atoms with Gasteiger partial charge >= 0.3 is 6.09 Å². The summed E-state index contributed by atoms with van der Waals surface area (Å²) >= 11 is 0. The van der Waals surface area contributed by atoms with E-state index in [-0.39, 0.29) is 11.9 Å². The van der Waals surface area contributed by atoms with Gasteiger partial charge < -0.3 is 15.3 Å². The van der Waals surface area contributed by atoms with Gasteiger partial charge in [-0.25, -0.2) is 9.18 Å². The van der Waals surface area contributed by atoms with E-state index in [1.807, 2.05) is 6.07 Å². The van der Waals surface area contributed by atoms with Crippen molar-refractivity contribution >= 4 is 6.09 Å². The van der Waals surface area contributed by atoms with Gasteiger partial charge in [0.25, 0.3) is 0 Å². The Balaban J connectivity index is 1.80. The number of halogens is 1. The molecule has 1 aliphatic rings. The molecule has 0 saturated carbocycles. The second-order valence-corrected chi connectivity index (χ2v) is 4.53. The van der Waals surface area contributed by atoms with Gasteiger partial charge in [0.1, 0.15) is 5.82 Å². The maximum absolute atomic E-state index is 12.9. The van der Waals surface area contributed by atoms with Crippen LogP contribution in [0.15, 0.2) is 24.3 Å². The number of likely N-dealkylation sites (tertiary alicyclic amines) is 1. The maximum atomic E-state index is 12.9. The number of hydrogen-bond acceptors (Lipinski definition) is 2. The first-order valence-corrected chi connectivity index (χ1v) is 6.11. The Morgan fingerprint density at radius 3 is 3.11 bits per heavy atom. The Hall–Kier alpha value is -1.62. The quantitative estimate of drug-likeness (QED) is 0.862. The standard InChI is InChI=1S/C13H17FN2O2/c14-11-4-1-3-10(7-11)8-15-9-12-5-2-6-16(12)13(17)18/h1,3-4,7,12,15H,2,5-6,8-9H2,(H,17,18). The molecule has 2 rings (SSSR count). The summed E-state index contributed by atoms with van der Waals surface area (Å²) in [5.41, 5.74) is 0.870. The van der Waals surface area contributed by atoms with E-state index in [0.717, 1.165) is 18.4 Å². The van der Waals surface area contributed by atoms with Crippen LogP contribution in [0.2, 0.25) is 0 Å². The van der Waals surface area contributed by atoms with Crippen LogP contribution in [-0.2, 0) is 6.54 Å². The molecule has 0 radical (unpaired) electrons. The van der Waals surface area contributed by atoms with Crippen LogP contribution >= 0.6 is 0 Å². The van der Waals surface area contributed by atoms with Crippen LogP contribution in [0, 0.1) is 5.82 Å². The lowest BCUT2D eigenvalue weighted by Gasteiger charge is -2.21. The molecule has 1 fully saturated rings. The highest BCUT2D eigenvalue weighted by Crippen LogP contribution is 2.16. The van der Waals surface area contributed by atoms with Crippen molar-refractivity contribution in [2.24, 2.45) is 0 Å². The van der Waals surface area contributed by atoms with Crippen molar-refractivity contribution in [1.29, 1.82) is 0 Å². The molecule has 5 heteroatoms. The lowest BCUT2D eigenvalue weighted by atomic mass is 10.2. The molecule has 1 saturated heterocycles. The summed E-state index contributed by atoms with van der Waals surface area (Å²) in [6.45, 7) is 1.78. The predicted molar refractivity (Wildman–Crippen MR) is 65.9 cm³/mol. The van der Waals surface area contributed by atoms with Crippen LogP contribution < -0.4 is 5.32 Å². The molecule has 2 N–H and O–H groups in total. The molecule has 1 aliphatic heterocycles. The Morgan fingerprint density at radius 1 is 1.56 bits per heavy atom. The summed E-state index contributed by atoms with van der Waals surface area (Å²) in [6.07, 6.45) is 0.950. The van der Waals surface area contributed by atoms with Gasteiger partial charge in [-0.1, -0.05) is 12.1 Å². The van der Waals surface area contributed by atoms with E-state index >= 15 is 0 Å². The largest absolute Gasteiger partial charge is 0.465 e. The van der Waals surface area contributed by atoms with Crippen LogP contribution in [0.1, 0.15) is 18.4 Å². The molecule has 1 unspecified atom stereocenters. The zero-order valence-corrected chi connectivity index (χ0v) is 10.1. The van der Waals surface area contributed by atoms with Crippen molar-refractivity contribution in [2.75, 3.05) is 13.1 Å². The predicted octanol–water partition coefficient (Wildman–Crippen LogP) is 2.06. The average Bonchev–Trinajstić information content (AvgIpc) is 2.77. The molecule has 0 aliphatic carbocycles. The fourth-order valence-corrected chi connectivity index (χ4v) is 2.33. The normalized spacial score (nSPS) is 19.2. The highest BCUT2D eigenvalue weighted by molar-refractivity contribution is 5.65. The number of amides is 1. The number of carbonyl (C=O) groups is 1. The van der Waals surface area contributed by atoms with E-state index in [4.69, 9.17) is 5.11 Å². The topological polar surface area (TPSA) is 52.6 Å². The first kappa shape index (κ1) is 12.8. The molecule has 0 spiro atoms. The Morgan fingerprint density at radius 2 is 2.39 bits per heavy atom. The Bertz CT molecular complexity index is 425. The summed E-state index contributed by atoms with van der Waals surface area (Å²) in [7, 11) is 0. The van der Waals surface area contributed by atoms with Crippen molar-refractivity contribution in [3.63, 3.8) is 0 Å². The van der Waals surface area contributed by atoms with E-state index in [1.54, 1.807) is 6.07 Å². The van der Waals surface area contributed by atoms with Crippen molar-refractivity contribution in [2.45, 2.75) is 25.4 Å². The first-order chi connectivity index (χ1) is 8.66. The fourth-order valence-electron chi connectivity index (χ4n) is 2.33. The van der Waals surface area contributed by atoms with E-state index in [2.05, 4.69) is 5.32 Å². The molecule has 0 aromatic heterocycles. The fraction of sp³-hybridized carbons (Fsp3) is 0.462. The van der Waals surface area contributed by atoms with Crippen molar-refractivity contribution in [3.8, 4) is 0 Å². The van der Waals surface area contributed by atoms with E-state index in [0.29, 0.717) is 19.6 Å². The minimum Gasteiger partial charge on any atom is -0.465 e. The Kier molecular flexibility index (Phi) is 4.15. The zero-order valence-electron chi connectivity index (χ0n) is 10.1. The number of hydrogen-bond donors (Lipinski definition) is 2. The molecule has 1 aromatic carbocycles. The smallest absolute Gasteiger partial charge is 0.407 e. The minimum atomic E-state index is -0.856. The van der Waals surface area contributed by atoms with Crippen molar-refractivity contribution in [1.82, 2.24) is 10.2 Å². The van der Waals surface area contributed by atoms with Gasteiger partial charge in [-0.15, -0.1) is 0 Å². The SMILES string of the molecule is O=C(O)N1CCCC1CNCc1cccc(F)c1. The van der Waals surface area contributed by atoms with E-state index in [1.165, 1.54) is 17.0 Å². The second-order valence-electron chi connectivity index (χ2n) is 4.53. The Labute approximate surface area is 105 Å². The van der Waals surface area contributed by atoms with Crippen LogP contribution in [-0.4, -0.2) is 35.2 Å². The average molecular weight is 252 g/mol. The summed E-state index contributed by atoms with van der Waals surface area (Å²) in [5.74, 6) is -0.248. The van der Waals surface area contributed by atoms with Crippen LogP contribution in [0.3, 0.4) is 0 Å². The molecule has 18 heavy (non-hydrogen) atoms. The molecule has 1 heterocycles. The minimum absolute atomic E-state index is 0.0380. The van der Waals surface area contributed by atoms with E-state index in [9.17, 15) is 9.18 Å². The number of carboxylic acid groups (broad SMARTS) is 1. The monoisotopic (exact) mass is 252 g/mol. The van der Waals surface area contributed by atoms with E-state index < -0.39 is 6.09 Å². The maximum Gasteiger partial charge on any atom is 0.407 e. The van der Waals surface area contributed by atoms with Gasteiger partial charge in [0.05, 0.1) is 0 Å². The number of nitrogens with zero attached hydrogens (tertiary/aromatic N) is 1. The van der Waals surface area contributed by atoms with Crippen LogP contribution in [0.4, 0.5) is 9.18 Å². The lowest BCUT2D eigenvalue weighted by molar-refractivity contribution is 0.139. The molecule has 1 amide bonds. The number of benzene rings is 1. The molecule has 1 atom stereocenters. The third kappa shape index (κ3) is 3.20. The molecular formula is C13H17FN2O2. The van der Waals surface area contributed by atoms with Crippen LogP contribution in [0.5, 0.6) is 0 Å². The highest BCUT2D eigenvalue weighted by Gasteiger charge is 2.27. The molecule has 4 nitrogen and oxygen atoms in total. The summed E-state index contributed by atoms with van der Waals surface area (Å²) in [4.78, 5) is 12.4. The molecule has 1 aromatic rings. The summed E-state index contributed by atoms with van der Waals surface area (Å²) in [6, 6.07) is 6.45. The van der Waals surface area contributed by atoms with Crippen LogP contribution in [0.25, 0.3) is 0 Å².